The van der Waals surface area contributed by atoms with Gasteiger partial charge in [0.2, 0.25) is 0 Å². The summed E-state index contributed by atoms with van der Waals surface area (Å²) in [6, 6.07) is 9.32. The van der Waals surface area contributed by atoms with Crippen LogP contribution in [0.1, 0.15) is 5.56 Å². The van der Waals surface area contributed by atoms with Crippen LogP contribution in [0.25, 0.3) is 10.9 Å². The fraction of sp³-hybridized carbons (Fsp3) is 0.158. The molecule has 3 aromatic rings. The van der Waals surface area contributed by atoms with Crippen molar-refractivity contribution in [1.29, 1.82) is 0 Å². The van der Waals surface area contributed by atoms with Crippen LogP contribution in [0.4, 0.5) is 4.39 Å². The van der Waals surface area contributed by atoms with Crippen LogP contribution >= 0.6 is 23.4 Å². The van der Waals surface area contributed by atoms with Crippen molar-refractivity contribution in [3.05, 3.63) is 75.8 Å². The van der Waals surface area contributed by atoms with E-state index in [2.05, 4.69) is 11.6 Å². The van der Waals surface area contributed by atoms with E-state index in [4.69, 9.17) is 16.3 Å². The third kappa shape index (κ3) is 3.76. The number of nitrogens with zero attached hydrogens (tertiary/aromatic N) is 2. The summed E-state index contributed by atoms with van der Waals surface area (Å²) in [7, 11) is 1.53. The molecule has 1 heterocycles. The van der Waals surface area contributed by atoms with Gasteiger partial charge in [0.15, 0.2) is 5.16 Å². The fourth-order valence-corrected chi connectivity index (χ4v) is 3.73. The highest BCUT2D eigenvalue weighted by Gasteiger charge is 2.13. The molecule has 0 aliphatic carbocycles. The summed E-state index contributed by atoms with van der Waals surface area (Å²) in [6.07, 6.45) is 1.64. The van der Waals surface area contributed by atoms with Crippen molar-refractivity contribution < 1.29 is 9.13 Å². The van der Waals surface area contributed by atoms with Crippen LogP contribution < -0.4 is 10.3 Å². The van der Waals surface area contributed by atoms with Crippen molar-refractivity contribution in [2.24, 2.45) is 0 Å². The number of hydrogen-bond acceptors (Lipinski definition) is 4. The van der Waals surface area contributed by atoms with E-state index < -0.39 is 0 Å². The van der Waals surface area contributed by atoms with Crippen molar-refractivity contribution >= 4 is 34.3 Å². The maximum Gasteiger partial charge on any atom is 0.262 e. The lowest BCUT2D eigenvalue weighted by atomic mass is 10.2. The van der Waals surface area contributed by atoms with Gasteiger partial charge in [-0.25, -0.2) is 9.37 Å². The van der Waals surface area contributed by atoms with Gasteiger partial charge in [0.1, 0.15) is 11.6 Å². The molecule has 0 aliphatic rings. The van der Waals surface area contributed by atoms with Gasteiger partial charge in [-0.3, -0.25) is 9.36 Å². The van der Waals surface area contributed by atoms with Crippen LogP contribution in [0, 0.1) is 5.82 Å². The number of thioether (sulfide) groups is 1. The van der Waals surface area contributed by atoms with Crippen molar-refractivity contribution in [3.63, 3.8) is 0 Å². The first-order chi connectivity index (χ1) is 12.5. The molecule has 0 aliphatic heterocycles. The standard InChI is InChI=1S/C19H16ClFN2O2S/c1-3-8-23-18(24)15-6-4-13(20)10-16(15)22-19(23)26-11-12-9-14(21)5-7-17(12)25-2/h3-7,9-10H,1,8,11H2,2H3. The first-order valence-corrected chi connectivity index (χ1v) is 9.16. The Hall–Kier alpha value is -2.31. The van der Waals surface area contributed by atoms with Gasteiger partial charge in [0.25, 0.3) is 5.56 Å². The number of aromatic nitrogens is 2. The normalized spacial score (nSPS) is 10.9. The maximum atomic E-state index is 13.6. The van der Waals surface area contributed by atoms with Crippen molar-refractivity contribution in [2.75, 3.05) is 7.11 Å². The molecule has 3 rings (SSSR count). The second-order valence-electron chi connectivity index (χ2n) is 5.51. The predicted molar refractivity (Wildman–Crippen MR) is 104 cm³/mol. The van der Waals surface area contributed by atoms with Gasteiger partial charge >= 0.3 is 0 Å². The van der Waals surface area contributed by atoms with Gasteiger partial charge in [0.05, 0.1) is 18.0 Å². The Kier molecular flexibility index (Phi) is 5.64. The van der Waals surface area contributed by atoms with Crippen LogP contribution in [-0.2, 0) is 12.3 Å². The molecule has 1 aromatic heterocycles. The molecule has 0 saturated heterocycles. The molecular formula is C19H16ClFN2O2S. The van der Waals surface area contributed by atoms with Crippen LogP contribution in [-0.4, -0.2) is 16.7 Å². The number of rotatable bonds is 6. The summed E-state index contributed by atoms with van der Waals surface area (Å²) >= 11 is 7.35. The number of hydrogen-bond donors (Lipinski definition) is 0. The van der Waals surface area contributed by atoms with Crippen LogP contribution in [0.3, 0.4) is 0 Å². The highest BCUT2D eigenvalue weighted by atomic mass is 35.5. The Labute approximate surface area is 159 Å². The second-order valence-corrected chi connectivity index (χ2v) is 6.88. The Bertz CT molecular complexity index is 1040. The molecule has 0 radical (unpaired) electrons. The molecule has 0 saturated carbocycles. The molecular weight excluding hydrogens is 375 g/mol. The quantitative estimate of drug-likeness (QED) is 0.348. The van der Waals surface area contributed by atoms with Crippen LogP contribution in [0.15, 0.2) is 59.0 Å². The molecule has 0 fully saturated rings. The SMILES string of the molecule is C=CCn1c(SCc2cc(F)ccc2OC)nc2cc(Cl)ccc2c1=O. The monoisotopic (exact) mass is 390 g/mol. The molecule has 0 spiro atoms. The van der Waals surface area contributed by atoms with E-state index in [1.165, 1.54) is 31.0 Å². The van der Waals surface area contributed by atoms with Crippen molar-refractivity contribution in [1.82, 2.24) is 9.55 Å². The zero-order chi connectivity index (χ0) is 18.7. The van der Waals surface area contributed by atoms with E-state index in [0.29, 0.717) is 44.7 Å². The van der Waals surface area contributed by atoms with E-state index in [1.807, 2.05) is 0 Å². The first-order valence-electron chi connectivity index (χ1n) is 7.79. The highest BCUT2D eigenvalue weighted by Crippen LogP contribution is 2.28. The zero-order valence-corrected chi connectivity index (χ0v) is 15.6. The average Bonchev–Trinajstić information content (AvgIpc) is 2.62. The molecule has 4 nitrogen and oxygen atoms in total. The Balaban J connectivity index is 2.03. The summed E-state index contributed by atoms with van der Waals surface area (Å²) in [5.41, 5.74) is 1.04. The third-order valence-corrected chi connectivity index (χ3v) is 5.05. The van der Waals surface area contributed by atoms with Gasteiger partial charge in [-0.05, 0) is 36.4 Å². The van der Waals surface area contributed by atoms with E-state index in [9.17, 15) is 9.18 Å². The Morgan fingerprint density at radius 1 is 1.35 bits per heavy atom. The van der Waals surface area contributed by atoms with Gasteiger partial charge in [0, 0.05) is 22.9 Å². The van der Waals surface area contributed by atoms with E-state index in [1.54, 1.807) is 34.9 Å². The third-order valence-electron chi connectivity index (χ3n) is 3.79. The Morgan fingerprint density at radius 3 is 2.88 bits per heavy atom. The van der Waals surface area contributed by atoms with E-state index >= 15 is 0 Å². The van der Waals surface area contributed by atoms with E-state index in [0.717, 1.165) is 0 Å². The fourth-order valence-electron chi connectivity index (χ4n) is 2.58. The molecule has 0 bridgehead atoms. The lowest BCUT2D eigenvalue weighted by Gasteiger charge is -2.13. The summed E-state index contributed by atoms with van der Waals surface area (Å²) in [5.74, 6) is 0.639. The van der Waals surface area contributed by atoms with Gasteiger partial charge in [-0.2, -0.15) is 0 Å². The van der Waals surface area contributed by atoms with Gasteiger partial charge in [-0.1, -0.05) is 29.4 Å². The van der Waals surface area contributed by atoms with E-state index in [-0.39, 0.29) is 11.4 Å². The molecule has 0 amide bonds. The van der Waals surface area contributed by atoms with Gasteiger partial charge < -0.3 is 4.74 Å². The minimum atomic E-state index is -0.344. The molecule has 2 aromatic carbocycles. The second kappa shape index (κ2) is 7.93. The lowest BCUT2D eigenvalue weighted by Crippen LogP contribution is -2.22. The number of benzene rings is 2. The molecule has 134 valence electrons. The van der Waals surface area contributed by atoms with Crippen molar-refractivity contribution in [2.45, 2.75) is 17.5 Å². The molecule has 26 heavy (non-hydrogen) atoms. The number of halogens is 2. The number of ether oxygens (including phenoxy) is 1. The van der Waals surface area contributed by atoms with Crippen LogP contribution in [0.5, 0.6) is 5.75 Å². The topological polar surface area (TPSA) is 44.1 Å². The summed E-state index contributed by atoms with van der Waals surface area (Å²) in [4.78, 5) is 17.3. The summed E-state index contributed by atoms with van der Waals surface area (Å²) in [6.45, 7) is 4.03. The van der Waals surface area contributed by atoms with Gasteiger partial charge in [-0.15, -0.1) is 6.58 Å². The molecule has 0 N–H and O–H groups in total. The largest absolute Gasteiger partial charge is 0.496 e. The zero-order valence-electron chi connectivity index (χ0n) is 14.0. The Morgan fingerprint density at radius 2 is 2.15 bits per heavy atom. The summed E-state index contributed by atoms with van der Waals surface area (Å²) in [5, 5.41) is 1.51. The number of methoxy groups -OCH3 is 1. The van der Waals surface area contributed by atoms with Crippen molar-refractivity contribution in [3.8, 4) is 5.75 Å². The summed E-state index contributed by atoms with van der Waals surface area (Å²) < 4.78 is 20.4. The van der Waals surface area contributed by atoms with Crippen LogP contribution in [0.2, 0.25) is 5.02 Å². The number of fused-ring (bicyclic) bond motifs is 1. The minimum Gasteiger partial charge on any atom is -0.496 e. The molecule has 0 unspecified atom stereocenters. The number of allylic oxidation sites excluding steroid dienone is 1. The molecule has 0 atom stereocenters. The smallest absolute Gasteiger partial charge is 0.262 e. The lowest BCUT2D eigenvalue weighted by molar-refractivity contribution is 0.410. The molecule has 7 heteroatoms. The minimum absolute atomic E-state index is 0.166. The highest BCUT2D eigenvalue weighted by molar-refractivity contribution is 7.98. The average molecular weight is 391 g/mol. The maximum absolute atomic E-state index is 13.6. The first kappa shape index (κ1) is 18.5. The predicted octanol–water partition coefficient (Wildman–Crippen LogP) is 4.68.